The van der Waals surface area contributed by atoms with E-state index in [-0.39, 0.29) is 5.56 Å². The topological polar surface area (TPSA) is 47.2 Å². The second-order valence-corrected chi connectivity index (χ2v) is 4.10. The van der Waals surface area contributed by atoms with Crippen LogP contribution < -0.4 is 10.9 Å². The molecule has 0 radical (unpaired) electrons. The van der Waals surface area contributed by atoms with E-state index in [1.807, 2.05) is 32.2 Å². The lowest BCUT2D eigenvalue weighted by Gasteiger charge is -2.06. The van der Waals surface area contributed by atoms with Crippen LogP contribution >= 0.6 is 0 Å². The smallest absolute Gasteiger partial charge is 0.290 e. The molecule has 1 N–H and O–H groups in total. The molecule has 0 atom stereocenters. The molecule has 4 heteroatoms. The molecule has 1 aromatic carbocycles. The fourth-order valence-corrected chi connectivity index (χ4v) is 2.03. The summed E-state index contributed by atoms with van der Waals surface area (Å²) in [6, 6.07) is 5.89. The van der Waals surface area contributed by atoms with Gasteiger partial charge >= 0.3 is 0 Å². The van der Waals surface area contributed by atoms with Crippen molar-refractivity contribution in [1.29, 1.82) is 0 Å². The Hall–Kier alpha value is -1.97. The van der Waals surface area contributed by atoms with E-state index in [2.05, 4.69) is 5.32 Å². The molecule has 0 aliphatic carbocycles. The number of rotatable bonds is 2. The Morgan fingerprint density at radius 3 is 2.47 bits per heavy atom. The zero-order chi connectivity index (χ0) is 12.6. The maximum Gasteiger partial charge on any atom is 0.290 e. The Labute approximate surface area is 99.8 Å². The van der Waals surface area contributed by atoms with Crippen LogP contribution in [-0.2, 0) is 7.05 Å². The van der Waals surface area contributed by atoms with Crippen molar-refractivity contribution in [2.24, 2.45) is 7.05 Å². The first-order chi connectivity index (χ1) is 8.04. The first-order valence-electron chi connectivity index (χ1n) is 5.50. The third-order valence-corrected chi connectivity index (χ3v) is 2.91. The molecule has 0 fully saturated rings. The molecule has 0 spiro atoms. The molecule has 17 heavy (non-hydrogen) atoms. The molecule has 0 aliphatic rings. The number of aryl methyl sites for hydroxylation is 3. The van der Waals surface area contributed by atoms with Crippen molar-refractivity contribution < 1.29 is 4.52 Å². The van der Waals surface area contributed by atoms with Gasteiger partial charge in [0.25, 0.3) is 5.56 Å². The van der Waals surface area contributed by atoms with Gasteiger partial charge in [-0.1, -0.05) is 6.07 Å². The average molecular weight is 232 g/mol. The summed E-state index contributed by atoms with van der Waals surface area (Å²) >= 11 is 0. The summed E-state index contributed by atoms with van der Waals surface area (Å²) in [6.07, 6.45) is 0. The summed E-state index contributed by atoms with van der Waals surface area (Å²) in [4.78, 5) is 11.9. The van der Waals surface area contributed by atoms with Crippen molar-refractivity contribution >= 4 is 5.69 Å². The molecular weight excluding hydrogens is 216 g/mol. The van der Waals surface area contributed by atoms with Crippen LogP contribution in [0, 0.1) is 13.8 Å². The maximum absolute atomic E-state index is 11.9. The molecule has 90 valence electrons. The summed E-state index contributed by atoms with van der Waals surface area (Å²) in [6.45, 7) is 3.81. The first-order valence-corrected chi connectivity index (χ1v) is 5.50. The molecule has 1 aromatic heterocycles. The van der Waals surface area contributed by atoms with Crippen LogP contribution in [0.1, 0.15) is 11.3 Å². The first kappa shape index (κ1) is 11.5. The van der Waals surface area contributed by atoms with Gasteiger partial charge in [0.1, 0.15) is 5.76 Å². The Bertz CT molecular complexity index is 608. The van der Waals surface area contributed by atoms with Gasteiger partial charge in [-0.25, -0.2) is 0 Å². The number of aromatic nitrogens is 1. The summed E-state index contributed by atoms with van der Waals surface area (Å²) in [5.74, 6) is 0.647. The van der Waals surface area contributed by atoms with E-state index in [4.69, 9.17) is 4.52 Å². The van der Waals surface area contributed by atoms with Gasteiger partial charge in [0, 0.05) is 19.8 Å². The van der Waals surface area contributed by atoms with Crippen LogP contribution in [0.15, 0.2) is 27.5 Å². The van der Waals surface area contributed by atoms with Crippen LogP contribution in [0.4, 0.5) is 5.69 Å². The maximum atomic E-state index is 11.9. The molecule has 0 aliphatic heterocycles. The van der Waals surface area contributed by atoms with E-state index in [9.17, 15) is 4.79 Å². The minimum atomic E-state index is -0.0980. The Morgan fingerprint density at radius 2 is 2.00 bits per heavy atom. The summed E-state index contributed by atoms with van der Waals surface area (Å²) in [7, 11) is 3.50. The van der Waals surface area contributed by atoms with E-state index in [1.165, 1.54) is 4.74 Å². The minimum absolute atomic E-state index is 0.0980. The number of hydrogen-bond donors (Lipinski definition) is 1. The lowest BCUT2D eigenvalue weighted by molar-refractivity contribution is 0.283. The molecule has 1 heterocycles. The lowest BCUT2D eigenvalue weighted by Crippen LogP contribution is -2.11. The van der Waals surface area contributed by atoms with Crippen LogP contribution in [-0.4, -0.2) is 11.8 Å². The van der Waals surface area contributed by atoms with E-state index in [0.29, 0.717) is 11.3 Å². The fourth-order valence-electron chi connectivity index (χ4n) is 2.03. The second-order valence-electron chi connectivity index (χ2n) is 4.10. The molecule has 4 nitrogen and oxygen atoms in total. The SMILES string of the molecule is CNc1ccc(-c2c(C)on(C)c2=O)cc1C. The number of nitrogens with one attached hydrogen (secondary N) is 1. The van der Waals surface area contributed by atoms with Crippen molar-refractivity contribution in [3.63, 3.8) is 0 Å². The van der Waals surface area contributed by atoms with Crippen molar-refractivity contribution in [2.45, 2.75) is 13.8 Å². The summed E-state index contributed by atoms with van der Waals surface area (Å²) < 4.78 is 6.54. The van der Waals surface area contributed by atoms with E-state index in [0.717, 1.165) is 16.8 Å². The molecule has 0 unspecified atom stereocenters. The van der Waals surface area contributed by atoms with Crippen molar-refractivity contribution in [3.8, 4) is 11.1 Å². The number of benzene rings is 1. The van der Waals surface area contributed by atoms with Crippen LogP contribution in [0.3, 0.4) is 0 Å². The fraction of sp³-hybridized carbons (Fsp3) is 0.308. The number of nitrogens with zero attached hydrogens (tertiary/aromatic N) is 1. The van der Waals surface area contributed by atoms with Crippen LogP contribution in [0.25, 0.3) is 11.1 Å². The minimum Gasteiger partial charge on any atom is -0.388 e. The van der Waals surface area contributed by atoms with E-state index in [1.54, 1.807) is 14.0 Å². The van der Waals surface area contributed by atoms with E-state index < -0.39 is 0 Å². The Balaban J connectivity index is 2.61. The highest BCUT2D eigenvalue weighted by Gasteiger charge is 2.14. The van der Waals surface area contributed by atoms with Gasteiger partial charge in [-0.3, -0.25) is 4.79 Å². The highest BCUT2D eigenvalue weighted by molar-refractivity contribution is 5.69. The predicted molar refractivity (Wildman–Crippen MR) is 68.4 cm³/mol. The number of hydrogen-bond acceptors (Lipinski definition) is 3. The van der Waals surface area contributed by atoms with Gasteiger partial charge in [-0.05, 0) is 37.1 Å². The largest absolute Gasteiger partial charge is 0.388 e. The van der Waals surface area contributed by atoms with Gasteiger partial charge in [0.05, 0.1) is 5.56 Å². The third kappa shape index (κ3) is 1.86. The molecule has 0 saturated carbocycles. The van der Waals surface area contributed by atoms with Crippen molar-refractivity contribution in [1.82, 2.24) is 4.74 Å². The molecule has 2 aromatic rings. The Morgan fingerprint density at radius 1 is 1.29 bits per heavy atom. The summed E-state index contributed by atoms with van der Waals surface area (Å²) in [5, 5.41) is 3.10. The normalized spacial score (nSPS) is 10.6. The lowest BCUT2D eigenvalue weighted by atomic mass is 10.0. The summed E-state index contributed by atoms with van der Waals surface area (Å²) in [5.41, 5.74) is 3.60. The standard InChI is InChI=1S/C13H16N2O2/c1-8-7-10(5-6-11(8)14-3)12-9(2)17-15(4)13(12)16/h5-7,14H,1-4H3. The second kappa shape index (κ2) is 4.13. The van der Waals surface area contributed by atoms with Gasteiger partial charge in [-0.15, -0.1) is 0 Å². The van der Waals surface area contributed by atoms with Crippen LogP contribution in [0.2, 0.25) is 0 Å². The quantitative estimate of drug-likeness (QED) is 0.864. The van der Waals surface area contributed by atoms with E-state index >= 15 is 0 Å². The highest BCUT2D eigenvalue weighted by atomic mass is 16.5. The zero-order valence-electron chi connectivity index (χ0n) is 10.5. The zero-order valence-corrected chi connectivity index (χ0v) is 10.5. The predicted octanol–water partition coefficient (Wildman–Crippen LogP) is 2.30. The molecule has 2 rings (SSSR count). The van der Waals surface area contributed by atoms with Crippen molar-refractivity contribution in [2.75, 3.05) is 12.4 Å². The Kier molecular flexibility index (Phi) is 2.79. The van der Waals surface area contributed by atoms with Gasteiger partial charge < -0.3 is 9.84 Å². The van der Waals surface area contributed by atoms with Gasteiger partial charge in [-0.2, -0.15) is 4.74 Å². The average Bonchev–Trinajstić information content (AvgIpc) is 2.53. The highest BCUT2D eigenvalue weighted by Crippen LogP contribution is 2.24. The van der Waals surface area contributed by atoms with Crippen molar-refractivity contribution in [3.05, 3.63) is 39.9 Å². The van der Waals surface area contributed by atoms with Crippen LogP contribution in [0.5, 0.6) is 0 Å². The van der Waals surface area contributed by atoms with Gasteiger partial charge in [0.15, 0.2) is 0 Å². The molecular formula is C13H16N2O2. The molecule has 0 saturated heterocycles. The monoisotopic (exact) mass is 232 g/mol. The third-order valence-electron chi connectivity index (χ3n) is 2.91. The molecule has 0 bridgehead atoms. The van der Waals surface area contributed by atoms with Gasteiger partial charge in [0.2, 0.25) is 0 Å². The molecule has 0 amide bonds. The number of anilines is 1.